The van der Waals surface area contributed by atoms with E-state index in [1.165, 1.54) is 0 Å². The van der Waals surface area contributed by atoms with E-state index in [4.69, 9.17) is 0 Å². The van der Waals surface area contributed by atoms with Gasteiger partial charge in [-0.25, -0.2) is 8.42 Å². The number of aromatic nitrogens is 1. The van der Waals surface area contributed by atoms with Gasteiger partial charge in [-0.1, -0.05) is 6.07 Å². The molecule has 17 heavy (non-hydrogen) atoms. The number of sulfone groups is 1. The zero-order valence-corrected chi connectivity index (χ0v) is 11.1. The molecule has 1 fully saturated rings. The highest BCUT2D eigenvalue weighted by atomic mass is 35.5. The number of nitrogens with zero attached hydrogens (tertiary/aromatic N) is 1. The summed E-state index contributed by atoms with van der Waals surface area (Å²) in [5.74, 6) is 0.334. The number of hydrogen-bond acceptors (Lipinski definition) is 4. The summed E-state index contributed by atoms with van der Waals surface area (Å²) < 4.78 is 23.8. The Labute approximate surface area is 108 Å². The Morgan fingerprint density at radius 1 is 1.47 bits per heavy atom. The summed E-state index contributed by atoms with van der Waals surface area (Å²) in [6.07, 6.45) is 5.30. The van der Waals surface area contributed by atoms with Crippen molar-refractivity contribution in [1.82, 2.24) is 10.3 Å². The van der Waals surface area contributed by atoms with Crippen LogP contribution in [-0.4, -0.2) is 31.7 Å². The molecule has 2 rings (SSSR count). The van der Waals surface area contributed by atoms with Crippen LogP contribution in [0.2, 0.25) is 0 Å². The third-order valence-corrected chi connectivity index (χ3v) is 4.41. The van der Waals surface area contributed by atoms with Crippen LogP contribution in [0.3, 0.4) is 0 Å². The summed E-state index contributed by atoms with van der Waals surface area (Å²) in [6.45, 7) is 0.938. The van der Waals surface area contributed by atoms with Crippen molar-refractivity contribution in [2.45, 2.75) is 24.6 Å². The van der Waals surface area contributed by atoms with Gasteiger partial charge in [0.25, 0.3) is 0 Å². The third-order valence-electron chi connectivity index (χ3n) is 2.73. The first-order valence-corrected chi connectivity index (χ1v) is 7.30. The molecule has 1 aromatic rings. The lowest BCUT2D eigenvalue weighted by molar-refractivity contribution is 0.576. The molecule has 1 aliphatic rings. The molecule has 2 heterocycles. The second-order valence-corrected chi connectivity index (χ2v) is 6.32. The van der Waals surface area contributed by atoms with Crippen molar-refractivity contribution < 1.29 is 8.42 Å². The Morgan fingerprint density at radius 2 is 2.29 bits per heavy atom. The first kappa shape index (κ1) is 14.4. The largest absolute Gasteiger partial charge is 0.313 e. The fourth-order valence-electron chi connectivity index (χ4n) is 2.00. The van der Waals surface area contributed by atoms with Gasteiger partial charge in [-0.3, -0.25) is 4.98 Å². The highest BCUT2D eigenvalue weighted by molar-refractivity contribution is 7.90. The maximum absolute atomic E-state index is 11.9. The zero-order chi connectivity index (χ0) is 11.4. The predicted molar refractivity (Wildman–Crippen MR) is 70.0 cm³/mol. The Morgan fingerprint density at radius 3 is 2.88 bits per heavy atom. The molecule has 1 unspecified atom stereocenters. The number of hydrogen-bond donors (Lipinski definition) is 1. The molecular weight excluding hydrogens is 260 g/mol. The lowest BCUT2D eigenvalue weighted by Gasteiger charge is -2.10. The van der Waals surface area contributed by atoms with Gasteiger partial charge in [0.2, 0.25) is 0 Å². The molecular formula is C11H17ClN2O2S. The first-order chi connectivity index (χ1) is 7.66. The molecule has 0 saturated carbocycles. The molecule has 1 aliphatic heterocycles. The van der Waals surface area contributed by atoms with Gasteiger partial charge in [-0.2, -0.15) is 0 Å². The van der Waals surface area contributed by atoms with Crippen molar-refractivity contribution in [2.75, 3.05) is 12.3 Å². The highest BCUT2D eigenvalue weighted by Crippen LogP contribution is 2.11. The van der Waals surface area contributed by atoms with Gasteiger partial charge in [0, 0.05) is 18.4 Å². The Hall–Kier alpha value is -0.650. The second kappa shape index (κ2) is 6.33. The van der Waals surface area contributed by atoms with Crippen LogP contribution < -0.4 is 5.32 Å². The topological polar surface area (TPSA) is 59.1 Å². The van der Waals surface area contributed by atoms with Crippen LogP contribution in [0.25, 0.3) is 0 Å². The average Bonchev–Trinajstić information content (AvgIpc) is 2.70. The number of pyridine rings is 1. The van der Waals surface area contributed by atoms with E-state index >= 15 is 0 Å². The van der Waals surface area contributed by atoms with E-state index in [0.29, 0.717) is 0 Å². The lowest BCUT2D eigenvalue weighted by Crippen LogP contribution is -2.30. The minimum Gasteiger partial charge on any atom is -0.313 e. The quantitative estimate of drug-likeness (QED) is 0.897. The molecule has 0 amide bonds. The molecule has 0 bridgehead atoms. The zero-order valence-electron chi connectivity index (χ0n) is 9.50. The van der Waals surface area contributed by atoms with Crippen molar-refractivity contribution in [1.29, 1.82) is 0 Å². The van der Waals surface area contributed by atoms with E-state index < -0.39 is 9.84 Å². The summed E-state index contributed by atoms with van der Waals surface area (Å²) in [5, 5.41) is 3.20. The van der Waals surface area contributed by atoms with E-state index in [2.05, 4.69) is 10.3 Å². The van der Waals surface area contributed by atoms with Gasteiger partial charge < -0.3 is 5.32 Å². The highest BCUT2D eigenvalue weighted by Gasteiger charge is 2.22. The molecule has 6 heteroatoms. The molecule has 1 atom stereocenters. The van der Waals surface area contributed by atoms with E-state index in [0.717, 1.165) is 24.9 Å². The SMILES string of the molecule is Cl.O=S(=O)(Cc1cccnc1)CC1CCCN1. The molecule has 1 aromatic heterocycles. The Kier molecular flexibility index (Phi) is 5.36. The smallest absolute Gasteiger partial charge is 0.156 e. The van der Waals surface area contributed by atoms with Gasteiger partial charge in [-0.05, 0) is 31.0 Å². The molecule has 0 spiro atoms. The third kappa shape index (κ3) is 4.61. The average molecular weight is 277 g/mol. The Bertz CT molecular complexity index is 430. The molecule has 4 nitrogen and oxygen atoms in total. The van der Waals surface area contributed by atoms with Crippen LogP contribution in [0.1, 0.15) is 18.4 Å². The Balaban J connectivity index is 0.00000144. The van der Waals surface area contributed by atoms with Crippen molar-refractivity contribution in [3.05, 3.63) is 30.1 Å². The summed E-state index contributed by atoms with van der Waals surface area (Å²) in [6, 6.07) is 3.70. The standard InChI is InChI=1S/C11H16N2O2S.ClH/c14-16(15,9-11-4-2-6-13-11)8-10-3-1-5-12-7-10;/h1,3,5,7,11,13H,2,4,6,8-9H2;1H. The fourth-order valence-corrected chi connectivity index (χ4v) is 3.70. The maximum atomic E-state index is 11.9. The van der Waals surface area contributed by atoms with E-state index in [1.807, 2.05) is 0 Å². The summed E-state index contributed by atoms with van der Waals surface area (Å²) in [5.41, 5.74) is 0.764. The molecule has 0 aliphatic carbocycles. The van der Waals surface area contributed by atoms with E-state index in [9.17, 15) is 8.42 Å². The van der Waals surface area contributed by atoms with Crippen LogP contribution >= 0.6 is 12.4 Å². The van der Waals surface area contributed by atoms with Crippen molar-refractivity contribution >= 4 is 22.2 Å². The second-order valence-electron chi connectivity index (χ2n) is 4.21. The predicted octanol–water partition coefficient (Wildman–Crippen LogP) is 1.17. The molecule has 1 N–H and O–H groups in total. The van der Waals surface area contributed by atoms with Crippen molar-refractivity contribution in [3.63, 3.8) is 0 Å². The van der Waals surface area contributed by atoms with E-state index in [1.54, 1.807) is 24.5 Å². The lowest BCUT2D eigenvalue weighted by atomic mass is 10.3. The molecule has 0 aromatic carbocycles. The van der Waals surface area contributed by atoms with Crippen LogP contribution in [0.4, 0.5) is 0 Å². The fraction of sp³-hybridized carbons (Fsp3) is 0.545. The molecule has 96 valence electrons. The minimum absolute atomic E-state index is 0. The van der Waals surface area contributed by atoms with Crippen LogP contribution in [0.15, 0.2) is 24.5 Å². The van der Waals surface area contributed by atoms with Crippen LogP contribution in [0.5, 0.6) is 0 Å². The summed E-state index contributed by atoms with van der Waals surface area (Å²) in [7, 11) is -3.02. The van der Waals surface area contributed by atoms with Gasteiger partial charge in [0.1, 0.15) is 0 Å². The molecule has 1 saturated heterocycles. The van der Waals surface area contributed by atoms with Gasteiger partial charge in [0.05, 0.1) is 11.5 Å². The van der Waals surface area contributed by atoms with E-state index in [-0.39, 0.29) is 30.0 Å². The minimum atomic E-state index is -3.02. The summed E-state index contributed by atoms with van der Waals surface area (Å²) >= 11 is 0. The van der Waals surface area contributed by atoms with Crippen molar-refractivity contribution in [3.8, 4) is 0 Å². The number of nitrogens with one attached hydrogen (secondary N) is 1. The van der Waals surface area contributed by atoms with Crippen LogP contribution in [-0.2, 0) is 15.6 Å². The van der Waals surface area contributed by atoms with Gasteiger partial charge in [-0.15, -0.1) is 12.4 Å². The maximum Gasteiger partial charge on any atom is 0.156 e. The monoisotopic (exact) mass is 276 g/mol. The first-order valence-electron chi connectivity index (χ1n) is 5.48. The summed E-state index contributed by atoms with van der Waals surface area (Å²) in [4.78, 5) is 3.92. The van der Waals surface area contributed by atoms with Gasteiger partial charge in [0.15, 0.2) is 9.84 Å². The number of halogens is 1. The molecule has 0 radical (unpaired) electrons. The van der Waals surface area contributed by atoms with Crippen LogP contribution in [0, 0.1) is 0 Å². The van der Waals surface area contributed by atoms with Crippen molar-refractivity contribution in [2.24, 2.45) is 0 Å². The van der Waals surface area contributed by atoms with Gasteiger partial charge >= 0.3 is 0 Å². The number of rotatable bonds is 4. The normalized spacial score (nSPS) is 19.9.